The summed E-state index contributed by atoms with van der Waals surface area (Å²) in [6.45, 7) is 4.67. The van der Waals surface area contributed by atoms with Gasteiger partial charge < -0.3 is 15.5 Å². The number of amides is 1. The fourth-order valence-electron chi connectivity index (χ4n) is 1.84. The lowest BCUT2D eigenvalue weighted by Crippen LogP contribution is -2.29. The highest BCUT2D eigenvalue weighted by atomic mass is 16.1. The Morgan fingerprint density at radius 3 is 2.57 bits per heavy atom. The SMILES string of the molecule is Cc1cnc(C(=O)NCCNc2cc(N(C)C)nc(C)n2)cn1. The molecule has 2 aromatic rings. The maximum absolute atomic E-state index is 11.9. The van der Waals surface area contributed by atoms with Gasteiger partial charge in [0.25, 0.3) is 5.91 Å². The van der Waals surface area contributed by atoms with Crippen LogP contribution in [0.4, 0.5) is 11.6 Å². The number of aryl methyl sites for hydroxylation is 2. The maximum atomic E-state index is 11.9. The molecule has 0 atom stereocenters. The molecule has 2 heterocycles. The molecule has 8 nitrogen and oxygen atoms in total. The molecule has 0 spiro atoms. The number of hydrogen-bond donors (Lipinski definition) is 2. The number of carbonyl (C=O) groups is 1. The Kier molecular flexibility index (Phi) is 5.40. The zero-order chi connectivity index (χ0) is 16.8. The van der Waals surface area contributed by atoms with E-state index in [1.54, 1.807) is 6.20 Å². The third-order valence-corrected chi connectivity index (χ3v) is 3.01. The van der Waals surface area contributed by atoms with Gasteiger partial charge in [-0.05, 0) is 13.8 Å². The van der Waals surface area contributed by atoms with Crippen molar-refractivity contribution in [1.82, 2.24) is 25.3 Å². The van der Waals surface area contributed by atoms with Crippen molar-refractivity contribution in [2.24, 2.45) is 0 Å². The molecule has 122 valence electrons. The van der Waals surface area contributed by atoms with Crippen LogP contribution in [-0.2, 0) is 0 Å². The molecule has 23 heavy (non-hydrogen) atoms. The van der Waals surface area contributed by atoms with Crippen molar-refractivity contribution in [2.45, 2.75) is 13.8 Å². The van der Waals surface area contributed by atoms with Crippen LogP contribution in [0.2, 0.25) is 0 Å². The van der Waals surface area contributed by atoms with Crippen LogP contribution in [0.15, 0.2) is 18.5 Å². The lowest BCUT2D eigenvalue weighted by Gasteiger charge is -2.14. The van der Waals surface area contributed by atoms with Crippen molar-refractivity contribution in [3.63, 3.8) is 0 Å². The highest BCUT2D eigenvalue weighted by molar-refractivity contribution is 5.91. The third-order valence-electron chi connectivity index (χ3n) is 3.01. The van der Waals surface area contributed by atoms with Crippen molar-refractivity contribution < 1.29 is 4.79 Å². The fraction of sp³-hybridized carbons (Fsp3) is 0.400. The van der Waals surface area contributed by atoms with Crippen LogP contribution in [0.25, 0.3) is 0 Å². The smallest absolute Gasteiger partial charge is 0.271 e. The Balaban J connectivity index is 1.83. The first-order valence-electron chi connectivity index (χ1n) is 7.29. The molecule has 0 unspecified atom stereocenters. The van der Waals surface area contributed by atoms with E-state index in [0.717, 1.165) is 17.3 Å². The molecule has 8 heteroatoms. The quantitative estimate of drug-likeness (QED) is 0.761. The molecule has 0 bridgehead atoms. The van der Waals surface area contributed by atoms with Crippen LogP contribution in [-0.4, -0.2) is 53.0 Å². The molecule has 0 aliphatic heterocycles. The number of nitrogens with one attached hydrogen (secondary N) is 2. The molecule has 0 aromatic carbocycles. The van der Waals surface area contributed by atoms with Crippen molar-refractivity contribution in [1.29, 1.82) is 0 Å². The number of nitrogens with zero attached hydrogens (tertiary/aromatic N) is 5. The lowest BCUT2D eigenvalue weighted by atomic mass is 10.4. The molecule has 2 rings (SSSR count). The van der Waals surface area contributed by atoms with Crippen LogP contribution >= 0.6 is 0 Å². The summed E-state index contributed by atoms with van der Waals surface area (Å²) in [4.78, 5) is 30.5. The largest absolute Gasteiger partial charge is 0.368 e. The number of anilines is 2. The van der Waals surface area contributed by atoms with Gasteiger partial charge in [-0.2, -0.15) is 0 Å². The minimum atomic E-state index is -0.243. The first-order chi connectivity index (χ1) is 11.0. The highest BCUT2D eigenvalue weighted by Crippen LogP contribution is 2.12. The number of hydrogen-bond acceptors (Lipinski definition) is 7. The average Bonchev–Trinajstić information content (AvgIpc) is 2.51. The molecule has 0 saturated heterocycles. The predicted molar refractivity (Wildman–Crippen MR) is 88.7 cm³/mol. The van der Waals surface area contributed by atoms with Gasteiger partial charge in [0.05, 0.1) is 11.9 Å². The van der Waals surface area contributed by atoms with E-state index < -0.39 is 0 Å². The zero-order valence-corrected chi connectivity index (χ0v) is 13.8. The Labute approximate surface area is 135 Å². The molecule has 0 fully saturated rings. The second-order valence-corrected chi connectivity index (χ2v) is 5.28. The van der Waals surface area contributed by atoms with Crippen LogP contribution in [0.1, 0.15) is 22.0 Å². The van der Waals surface area contributed by atoms with E-state index in [-0.39, 0.29) is 5.91 Å². The van der Waals surface area contributed by atoms with E-state index in [1.807, 2.05) is 38.9 Å². The number of aromatic nitrogens is 4. The van der Waals surface area contributed by atoms with E-state index in [4.69, 9.17) is 0 Å². The Morgan fingerprint density at radius 2 is 1.91 bits per heavy atom. The summed E-state index contributed by atoms with van der Waals surface area (Å²) >= 11 is 0. The van der Waals surface area contributed by atoms with Crippen LogP contribution < -0.4 is 15.5 Å². The Morgan fingerprint density at radius 1 is 1.13 bits per heavy atom. The molecule has 2 N–H and O–H groups in total. The Bertz CT molecular complexity index is 670. The summed E-state index contributed by atoms with van der Waals surface area (Å²) in [7, 11) is 3.85. The molecule has 0 aliphatic rings. The monoisotopic (exact) mass is 315 g/mol. The summed E-state index contributed by atoms with van der Waals surface area (Å²) < 4.78 is 0. The number of carbonyl (C=O) groups excluding carboxylic acids is 1. The average molecular weight is 315 g/mol. The molecular weight excluding hydrogens is 294 g/mol. The minimum Gasteiger partial charge on any atom is -0.368 e. The topological polar surface area (TPSA) is 95.9 Å². The third kappa shape index (κ3) is 4.87. The van der Waals surface area contributed by atoms with Gasteiger partial charge in [0.15, 0.2) is 0 Å². The van der Waals surface area contributed by atoms with E-state index in [0.29, 0.717) is 24.6 Å². The first kappa shape index (κ1) is 16.6. The molecule has 0 aliphatic carbocycles. The second kappa shape index (κ2) is 7.48. The summed E-state index contributed by atoms with van der Waals surface area (Å²) in [5.41, 5.74) is 1.09. The molecular formula is C15H21N7O. The maximum Gasteiger partial charge on any atom is 0.271 e. The molecule has 0 radical (unpaired) electrons. The first-order valence-corrected chi connectivity index (χ1v) is 7.29. The summed E-state index contributed by atoms with van der Waals surface area (Å²) in [5, 5.41) is 5.95. The number of rotatable bonds is 6. The van der Waals surface area contributed by atoms with Gasteiger partial charge in [0.2, 0.25) is 0 Å². The lowest BCUT2D eigenvalue weighted by molar-refractivity contribution is 0.0950. The van der Waals surface area contributed by atoms with E-state index in [1.165, 1.54) is 6.20 Å². The predicted octanol–water partition coefficient (Wildman–Crippen LogP) is 0.791. The van der Waals surface area contributed by atoms with Gasteiger partial charge in [-0.1, -0.05) is 0 Å². The van der Waals surface area contributed by atoms with Gasteiger partial charge in [-0.25, -0.2) is 15.0 Å². The van der Waals surface area contributed by atoms with Gasteiger partial charge in [0.1, 0.15) is 23.2 Å². The van der Waals surface area contributed by atoms with Crippen molar-refractivity contribution in [2.75, 3.05) is 37.4 Å². The van der Waals surface area contributed by atoms with Crippen LogP contribution in [0.3, 0.4) is 0 Å². The molecule has 0 saturated carbocycles. The second-order valence-electron chi connectivity index (χ2n) is 5.28. The van der Waals surface area contributed by atoms with E-state index in [2.05, 4.69) is 30.6 Å². The Hall–Kier alpha value is -2.77. The van der Waals surface area contributed by atoms with Gasteiger partial charge in [-0.3, -0.25) is 9.78 Å². The van der Waals surface area contributed by atoms with Gasteiger partial charge >= 0.3 is 0 Å². The zero-order valence-electron chi connectivity index (χ0n) is 13.8. The molecule has 2 aromatic heterocycles. The van der Waals surface area contributed by atoms with Crippen molar-refractivity contribution in [3.8, 4) is 0 Å². The minimum absolute atomic E-state index is 0.243. The van der Waals surface area contributed by atoms with E-state index in [9.17, 15) is 4.79 Å². The van der Waals surface area contributed by atoms with E-state index >= 15 is 0 Å². The summed E-state index contributed by atoms with van der Waals surface area (Å²) in [6, 6.07) is 1.86. The van der Waals surface area contributed by atoms with Gasteiger partial charge in [0, 0.05) is 39.4 Å². The molecule has 1 amide bonds. The fourth-order valence-corrected chi connectivity index (χ4v) is 1.84. The van der Waals surface area contributed by atoms with Gasteiger partial charge in [-0.15, -0.1) is 0 Å². The standard InChI is InChI=1S/C15H21N7O/c1-10-8-19-12(9-18-10)15(23)17-6-5-16-13-7-14(22(3)4)21-11(2)20-13/h7-9H,5-6H2,1-4H3,(H,17,23)(H,16,20,21). The summed E-state index contributed by atoms with van der Waals surface area (Å²) in [5.74, 6) is 2.01. The van der Waals surface area contributed by atoms with Crippen molar-refractivity contribution >= 4 is 17.5 Å². The van der Waals surface area contributed by atoms with Crippen molar-refractivity contribution in [3.05, 3.63) is 35.7 Å². The normalized spacial score (nSPS) is 10.3. The summed E-state index contributed by atoms with van der Waals surface area (Å²) in [6.07, 6.45) is 3.04. The van der Waals surface area contributed by atoms with Crippen LogP contribution in [0, 0.1) is 13.8 Å². The highest BCUT2D eigenvalue weighted by Gasteiger charge is 2.07. The van der Waals surface area contributed by atoms with Crippen LogP contribution in [0.5, 0.6) is 0 Å².